The second-order valence-electron chi connectivity index (χ2n) is 18.9. The van der Waals surface area contributed by atoms with Crippen LogP contribution in [0.25, 0.3) is 0 Å². The summed E-state index contributed by atoms with van der Waals surface area (Å²) in [5.41, 5.74) is 0. The van der Waals surface area contributed by atoms with Gasteiger partial charge in [-0.25, -0.2) is 0 Å². The molecule has 0 aromatic carbocycles. The first-order valence-electron chi connectivity index (χ1n) is 27.8. The van der Waals surface area contributed by atoms with Crippen LogP contribution in [0.2, 0.25) is 0 Å². The lowest BCUT2D eigenvalue weighted by atomic mass is 10.0. The highest BCUT2D eigenvalue weighted by Gasteiger charge is 2.18. The molecule has 63 heavy (non-hydrogen) atoms. The van der Waals surface area contributed by atoms with Gasteiger partial charge in [-0.05, 0) is 57.8 Å². The van der Waals surface area contributed by atoms with E-state index in [1.807, 2.05) is 6.08 Å². The normalized spacial score (nSPS) is 12.9. The predicted octanol–water partition coefficient (Wildman–Crippen LogP) is 16.9. The van der Waals surface area contributed by atoms with Gasteiger partial charge >= 0.3 is 5.97 Å². The number of rotatable bonds is 51. The Balaban J connectivity index is 3.38. The number of esters is 1. The molecule has 0 saturated carbocycles. The highest BCUT2D eigenvalue weighted by Crippen LogP contribution is 2.17. The maximum atomic E-state index is 12.4. The van der Waals surface area contributed by atoms with Crippen molar-refractivity contribution in [2.24, 2.45) is 0 Å². The van der Waals surface area contributed by atoms with Crippen LogP contribution in [-0.4, -0.2) is 47.4 Å². The molecule has 0 aromatic heterocycles. The van der Waals surface area contributed by atoms with Crippen molar-refractivity contribution in [1.82, 2.24) is 5.32 Å². The van der Waals surface area contributed by atoms with Crippen LogP contribution in [0.1, 0.15) is 290 Å². The van der Waals surface area contributed by atoms with Gasteiger partial charge in [-0.1, -0.05) is 256 Å². The molecule has 0 radical (unpaired) electrons. The molecule has 2 unspecified atom stereocenters. The van der Waals surface area contributed by atoms with Gasteiger partial charge in [-0.2, -0.15) is 0 Å². The van der Waals surface area contributed by atoms with Gasteiger partial charge in [0.05, 0.1) is 25.4 Å². The number of aliphatic hydroxyl groups is 2. The average molecular weight is 886 g/mol. The summed E-state index contributed by atoms with van der Waals surface area (Å²) in [4.78, 5) is 24.4. The summed E-state index contributed by atoms with van der Waals surface area (Å²) < 4.78 is 5.47. The van der Waals surface area contributed by atoms with Crippen LogP contribution in [0.4, 0.5) is 0 Å². The van der Waals surface area contributed by atoms with E-state index in [4.69, 9.17) is 4.74 Å². The molecular formula is C57H107NO5. The standard InChI is InChI=1S/C57H107NO5/c1-3-5-7-9-11-13-15-16-28-31-35-39-43-47-51-57(62)63-52-48-44-40-36-32-29-26-24-22-20-18-17-19-21-23-25-27-30-34-38-42-46-50-56(61)58-54(53-59)55(60)49-45-41-37-33-14-12-10-8-6-4-2/h9,11,15-16,45,49,54-55,59-60H,3-8,10,12-14,17-44,46-48,50-53H2,1-2H3,(H,58,61)/b11-9-,16-15-,49-45+. The Hall–Kier alpha value is -1.92. The molecule has 0 spiro atoms. The number of carbonyl (C=O) groups excluding carboxylic acids is 2. The Bertz CT molecular complexity index is 1020. The molecular weight excluding hydrogens is 779 g/mol. The van der Waals surface area contributed by atoms with Crippen molar-refractivity contribution in [2.45, 2.75) is 302 Å². The van der Waals surface area contributed by atoms with Crippen LogP contribution in [0.15, 0.2) is 36.5 Å². The van der Waals surface area contributed by atoms with Crippen LogP contribution in [0.5, 0.6) is 0 Å². The second kappa shape index (κ2) is 52.7. The van der Waals surface area contributed by atoms with Gasteiger partial charge in [0.15, 0.2) is 0 Å². The van der Waals surface area contributed by atoms with Gasteiger partial charge in [-0.3, -0.25) is 9.59 Å². The van der Waals surface area contributed by atoms with Crippen molar-refractivity contribution >= 4 is 11.9 Å². The summed E-state index contributed by atoms with van der Waals surface area (Å²) in [6, 6.07) is -0.626. The van der Waals surface area contributed by atoms with Crippen LogP contribution >= 0.6 is 0 Å². The molecule has 0 heterocycles. The fourth-order valence-electron chi connectivity index (χ4n) is 8.36. The lowest BCUT2D eigenvalue weighted by molar-refractivity contribution is -0.143. The smallest absolute Gasteiger partial charge is 0.305 e. The van der Waals surface area contributed by atoms with E-state index >= 15 is 0 Å². The van der Waals surface area contributed by atoms with Gasteiger partial charge in [0.2, 0.25) is 5.91 Å². The third kappa shape index (κ3) is 49.4. The van der Waals surface area contributed by atoms with Gasteiger partial charge in [-0.15, -0.1) is 0 Å². The number of unbranched alkanes of at least 4 members (excludes halogenated alkanes) is 36. The Morgan fingerprint density at radius 3 is 1.25 bits per heavy atom. The van der Waals surface area contributed by atoms with E-state index in [1.54, 1.807) is 6.08 Å². The maximum absolute atomic E-state index is 12.4. The van der Waals surface area contributed by atoms with Crippen molar-refractivity contribution in [3.05, 3.63) is 36.5 Å². The number of aliphatic hydroxyl groups excluding tert-OH is 2. The van der Waals surface area contributed by atoms with E-state index in [9.17, 15) is 19.8 Å². The quantitative estimate of drug-likeness (QED) is 0.0321. The summed E-state index contributed by atoms with van der Waals surface area (Å²) in [6.07, 6.45) is 64.5. The lowest BCUT2D eigenvalue weighted by Crippen LogP contribution is -2.45. The number of carbonyl (C=O) groups is 2. The van der Waals surface area contributed by atoms with Crippen LogP contribution in [0.3, 0.4) is 0 Å². The molecule has 0 saturated heterocycles. The number of amides is 1. The van der Waals surface area contributed by atoms with E-state index in [0.29, 0.717) is 19.4 Å². The highest BCUT2D eigenvalue weighted by molar-refractivity contribution is 5.76. The van der Waals surface area contributed by atoms with Gasteiger partial charge in [0, 0.05) is 12.8 Å². The fraction of sp³-hybridized carbons (Fsp3) is 0.860. The summed E-state index contributed by atoms with van der Waals surface area (Å²) in [5.74, 6) is -0.0730. The van der Waals surface area contributed by atoms with Crippen LogP contribution < -0.4 is 5.32 Å². The molecule has 0 fully saturated rings. The fourth-order valence-corrected chi connectivity index (χ4v) is 8.36. The zero-order valence-electron chi connectivity index (χ0n) is 42.1. The molecule has 1 amide bonds. The van der Waals surface area contributed by atoms with E-state index in [2.05, 4.69) is 43.5 Å². The number of hydrogen-bond acceptors (Lipinski definition) is 5. The molecule has 0 aliphatic rings. The molecule has 2 atom stereocenters. The first-order valence-corrected chi connectivity index (χ1v) is 27.8. The van der Waals surface area contributed by atoms with Crippen molar-refractivity contribution in [3.8, 4) is 0 Å². The molecule has 0 rings (SSSR count). The summed E-state index contributed by atoms with van der Waals surface area (Å²) in [5, 5.41) is 23.0. The summed E-state index contributed by atoms with van der Waals surface area (Å²) in [6.45, 7) is 4.84. The predicted molar refractivity (Wildman–Crippen MR) is 273 cm³/mol. The molecule has 0 aliphatic carbocycles. The Morgan fingerprint density at radius 2 is 0.810 bits per heavy atom. The van der Waals surface area contributed by atoms with Crippen molar-refractivity contribution in [3.63, 3.8) is 0 Å². The zero-order chi connectivity index (χ0) is 45.8. The molecule has 3 N–H and O–H groups in total. The van der Waals surface area contributed by atoms with Crippen molar-refractivity contribution in [2.75, 3.05) is 13.2 Å². The number of hydrogen-bond donors (Lipinski definition) is 3. The molecule has 370 valence electrons. The topological polar surface area (TPSA) is 95.9 Å². The Kier molecular flexibility index (Phi) is 51.1. The van der Waals surface area contributed by atoms with Gasteiger partial charge in [0.25, 0.3) is 0 Å². The van der Waals surface area contributed by atoms with Crippen molar-refractivity contribution in [1.29, 1.82) is 0 Å². The number of nitrogens with one attached hydrogen (secondary N) is 1. The molecule has 6 nitrogen and oxygen atoms in total. The lowest BCUT2D eigenvalue weighted by Gasteiger charge is -2.20. The van der Waals surface area contributed by atoms with Crippen LogP contribution in [0, 0.1) is 0 Å². The Labute approximate surface area is 392 Å². The largest absolute Gasteiger partial charge is 0.466 e. The molecule has 6 heteroatoms. The van der Waals surface area contributed by atoms with Crippen molar-refractivity contribution < 1.29 is 24.5 Å². The number of ether oxygens (including phenoxy) is 1. The SMILES string of the molecule is CCCC/C=C\C/C=C\CCCCCCCC(=O)OCCCCCCCCCCCCCCCCCCCCCCCCC(=O)NC(CO)C(O)/C=C/CCCCCCCCCC. The minimum Gasteiger partial charge on any atom is -0.466 e. The first-order chi connectivity index (χ1) is 31.0. The van der Waals surface area contributed by atoms with E-state index in [-0.39, 0.29) is 18.5 Å². The Morgan fingerprint density at radius 1 is 0.444 bits per heavy atom. The molecule has 0 aliphatic heterocycles. The minimum absolute atomic E-state index is 0.00251. The molecule has 0 aromatic rings. The average Bonchev–Trinajstić information content (AvgIpc) is 3.28. The minimum atomic E-state index is -0.843. The van der Waals surface area contributed by atoms with E-state index in [0.717, 1.165) is 51.4 Å². The third-order valence-electron chi connectivity index (χ3n) is 12.7. The van der Waals surface area contributed by atoms with E-state index in [1.165, 1.54) is 212 Å². The van der Waals surface area contributed by atoms with Gasteiger partial charge < -0.3 is 20.3 Å². The van der Waals surface area contributed by atoms with E-state index < -0.39 is 12.1 Å². The second-order valence-corrected chi connectivity index (χ2v) is 18.9. The third-order valence-corrected chi connectivity index (χ3v) is 12.7. The summed E-state index contributed by atoms with van der Waals surface area (Å²) in [7, 11) is 0. The zero-order valence-corrected chi connectivity index (χ0v) is 42.1. The summed E-state index contributed by atoms with van der Waals surface area (Å²) >= 11 is 0. The first kappa shape index (κ1) is 61.1. The van der Waals surface area contributed by atoms with Gasteiger partial charge in [0.1, 0.15) is 0 Å². The number of allylic oxidation sites excluding steroid dienone is 5. The highest BCUT2D eigenvalue weighted by atomic mass is 16.5. The monoisotopic (exact) mass is 886 g/mol. The molecule has 0 bridgehead atoms. The van der Waals surface area contributed by atoms with Crippen LogP contribution in [-0.2, 0) is 14.3 Å². The maximum Gasteiger partial charge on any atom is 0.305 e.